The van der Waals surface area contributed by atoms with E-state index in [1.165, 1.54) is 20.2 Å². The van der Waals surface area contributed by atoms with Gasteiger partial charge >= 0.3 is 6.03 Å². The van der Waals surface area contributed by atoms with Crippen LogP contribution in [-0.2, 0) is 25.2 Å². The number of nitrogens with zero attached hydrogens (tertiary/aromatic N) is 2. The van der Waals surface area contributed by atoms with Crippen LogP contribution < -0.4 is 10.6 Å². The van der Waals surface area contributed by atoms with E-state index in [1.807, 2.05) is 19.1 Å². The average Bonchev–Trinajstić information content (AvgIpc) is 2.93. The number of aryl methyl sites for hydroxylation is 2. The number of benzene rings is 2. The van der Waals surface area contributed by atoms with Crippen LogP contribution >= 0.6 is 0 Å². The summed E-state index contributed by atoms with van der Waals surface area (Å²) in [6.45, 7) is 4.59. The molecule has 1 heterocycles. The Bertz CT molecular complexity index is 1210. The van der Waals surface area contributed by atoms with Crippen molar-refractivity contribution in [2.24, 2.45) is 0 Å². The minimum Gasteiger partial charge on any atom is -0.324 e. The number of imide groups is 1. The Hall–Kier alpha value is -3.24. The Morgan fingerprint density at radius 1 is 1.09 bits per heavy atom. The third kappa shape index (κ3) is 4.11. The molecule has 1 aliphatic rings. The van der Waals surface area contributed by atoms with E-state index in [0.717, 1.165) is 14.8 Å². The van der Waals surface area contributed by atoms with E-state index in [0.29, 0.717) is 11.1 Å². The second kappa shape index (κ2) is 8.36. The molecular formula is C22H26N4O5S. The molecule has 2 aromatic carbocycles. The second-order valence-corrected chi connectivity index (χ2v) is 10.2. The van der Waals surface area contributed by atoms with Crippen molar-refractivity contribution in [1.82, 2.24) is 14.5 Å². The Morgan fingerprint density at radius 3 is 2.38 bits per heavy atom. The van der Waals surface area contributed by atoms with Crippen LogP contribution in [0.2, 0.25) is 0 Å². The number of rotatable bonds is 6. The summed E-state index contributed by atoms with van der Waals surface area (Å²) in [5, 5.41) is 5.25. The van der Waals surface area contributed by atoms with Gasteiger partial charge in [0.15, 0.2) is 0 Å². The SMILES string of the molecule is Cc1ccccc1C1(C)NC(=O)N(CC(=O)Nc2ccc(C)c(S(=O)(=O)N(C)C)c2)C1=O. The molecule has 1 fully saturated rings. The van der Waals surface area contributed by atoms with Gasteiger partial charge in [0.2, 0.25) is 15.9 Å². The van der Waals surface area contributed by atoms with Gasteiger partial charge in [-0.3, -0.25) is 14.5 Å². The van der Waals surface area contributed by atoms with Crippen LogP contribution in [-0.4, -0.2) is 56.1 Å². The number of anilines is 1. The number of carbonyl (C=O) groups excluding carboxylic acids is 3. The number of carbonyl (C=O) groups is 3. The molecule has 170 valence electrons. The third-order valence-corrected chi connectivity index (χ3v) is 7.45. The maximum absolute atomic E-state index is 13.1. The normalized spacial score (nSPS) is 18.8. The molecule has 2 aromatic rings. The highest BCUT2D eigenvalue weighted by Gasteiger charge is 2.50. The first-order chi connectivity index (χ1) is 14.9. The maximum Gasteiger partial charge on any atom is 0.325 e. The standard InChI is InChI=1S/C22H26N4O5S/c1-14-8-6-7-9-17(14)22(3)20(28)26(21(29)24-22)13-19(27)23-16-11-10-15(2)18(12-16)32(30,31)25(4)5/h6-12H,13H2,1-5H3,(H,23,27)(H,24,29). The van der Waals surface area contributed by atoms with E-state index in [9.17, 15) is 22.8 Å². The van der Waals surface area contributed by atoms with E-state index in [2.05, 4.69) is 10.6 Å². The summed E-state index contributed by atoms with van der Waals surface area (Å²) >= 11 is 0. The highest BCUT2D eigenvalue weighted by molar-refractivity contribution is 7.89. The quantitative estimate of drug-likeness (QED) is 0.642. The van der Waals surface area contributed by atoms with E-state index in [-0.39, 0.29) is 10.6 Å². The molecule has 0 radical (unpaired) electrons. The van der Waals surface area contributed by atoms with Gasteiger partial charge in [0, 0.05) is 19.8 Å². The molecule has 0 aromatic heterocycles. The van der Waals surface area contributed by atoms with Gasteiger partial charge in [0.25, 0.3) is 5.91 Å². The summed E-state index contributed by atoms with van der Waals surface area (Å²) in [7, 11) is -0.863. The van der Waals surface area contributed by atoms with Gasteiger partial charge in [-0.05, 0) is 49.6 Å². The zero-order valence-electron chi connectivity index (χ0n) is 18.6. The number of sulfonamides is 1. The molecule has 3 rings (SSSR count). The fourth-order valence-corrected chi connectivity index (χ4v) is 4.80. The van der Waals surface area contributed by atoms with Crippen molar-refractivity contribution in [2.45, 2.75) is 31.2 Å². The summed E-state index contributed by atoms with van der Waals surface area (Å²) in [4.78, 5) is 39.1. The van der Waals surface area contributed by atoms with Crippen molar-refractivity contribution in [2.75, 3.05) is 26.0 Å². The lowest BCUT2D eigenvalue weighted by atomic mass is 9.88. The highest BCUT2D eigenvalue weighted by Crippen LogP contribution is 2.31. The number of urea groups is 1. The first-order valence-corrected chi connectivity index (χ1v) is 11.3. The van der Waals surface area contributed by atoms with Crippen molar-refractivity contribution in [3.63, 3.8) is 0 Å². The van der Waals surface area contributed by atoms with Crippen molar-refractivity contribution < 1.29 is 22.8 Å². The minimum absolute atomic E-state index is 0.0578. The molecule has 1 saturated heterocycles. The van der Waals surface area contributed by atoms with Gasteiger partial charge in [-0.2, -0.15) is 0 Å². The summed E-state index contributed by atoms with van der Waals surface area (Å²) in [6.07, 6.45) is 0. The summed E-state index contributed by atoms with van der Waals surface area (Å²) in [5.74, 6) is -1.16. The Labute approximate surface area is 187 Å². The molecule has 1 unspecified atom stereocenters. The molecule has 2 N–H and O–H groups in total. The lowest BCUT2D eigenvalue weighted by molar-refractivity contribution is -0.133. The highest BCUT2D eigenvalue weighted by atomic mass is 32.2. The van der Waals surface area contributed by atoms with Crippen LogP contribution in [0.5, 0.6) is 0 Å². The smallest absolute Gasteiger partial charge is 0.324 e. The number of hydrogen-bond acceptors (Lipinski definition) is 5. The van der Waals surface area contributed by atoms with Gasteiger partial charge in [-0.15, -0.1) is 0 Å². The molecule has 0 aliphatic carbocycles. The fourth-order valence-electron chi connectivity index (χ4n) is 3.65. The maximum atomic E-state index is 13.1. The molecule has 0 spiro atoms. The van der Waals surface area contributed by atoms with Gasteiger partial charge in [-0.25, -0.2) is 17.5 Å². The first kappa shape index (κ1) is 23.4. The molecule has 32 heavy (non-hydrogen) atoms. The molecule has 4 amide bonds. The van der Waals surface area contributed by atoms with Crippen molar-refractivity contribution >= 4 is 33.6 Å². The van der Waals surface area contributed by atoms with Gasteiger partial charge in [0.05, 0.1) is 4.90 Å². The Morgan fingerprint density at radius 2 is 1.75 bits per heavy atom. The number of nitrogens with one attached hydrogen (secondary N) is 2. The molecule has 1 aliphatic heterocycles. The van der Waals surface area contributed by atoms with Gasteiger partial charge < -0.3 is 10.6 Å². The molecule has 0 bridgehead atoms. The van der Waals surface area contributed by atoms with Crippen LogP contribution in [0.25, 0.3) is 0 Å². The molecule has 1 atom stereocenters. The van der Waals surface area contributed by atoms with Crippen LogP contribution in [0, 0.1) is 13.8 Å². The topological polar surface area (TPSA) is 116 Å². The molecule has 10 heteroatoms. The second-order valence-electron chi connectivity index (χ2n) is 8.08. The molecule has 9 nitrogen and oxygen atoms in total. The fraction of sp³-hybridized carbons (Fsp3) is 0.318. The lowest BCUT2D eigenvalue weighted by Crippen LogP contribution is -2.42. The third-order valence-electron chi connectivity index (χ3n) is 5.49. The summed E-state index contributed by atoms with van der Waals surface area (Å²) in [5.41, 5.74) is 0.983. The van der Waals surface area contributed by atoms with E-state index in [4.69, 9.17) is 0 Å². The van der Waals surface area contributed by atoms with E-state index >= 15 is 0 Å². The van der Waals surface area contributed by atoms with Crippen LogP contribution in [0.1, 0.15) is 23.6 Å². The molecule has 0 saturated carbocycles. The van der Waals surface area contributed by atoms with Crippen molar-refractivity contribution in [1.29, 1.82) is 0 Å². The zero-order valence-corrected chi connectivity index (χ0v) is 19.4. The van der Waals surface area contributed by atoms with Crippen molar-refractivity contribution in [3.05, 3.63) is 59.2 Å². The van der Waals surface area contributed by atoms with Crippen LogP contribution in [0.15, 0.2) is 47.4 Å². The predicted octanol–water partition coefficient (Wildman–Crippen LogP) is 1.96. The summed E-state index contributed by atoms with van der Waals surface area (Å²) in [6, 6.07) is 11.0. The average molecular weight is 459 g/mol. The summed E-state index contributed by atoms with van der Waals surface area (Å²) < 4.78 is 26.1. The Balaban J connectivity index is 1.79. The van der Waals surface area contributed by atoms with Crippen LogP contribution in [0.3, 0.4) is 0 Å². The Kier molecular flexibility index (Phi) is 6.12. The number of amides is 4. The number of hydrogen-bond donors (Lipinski definition) is 2. The lowest BCUT2D eigenvalue weighted by Gasteiger charge is -2.24. The van der Waals surface area contributed by atoms with Crippen molar-refractivity contribution in [3.8, 4) is 0 Å². The minimum atomic E-state index is -3.70. The van der Waals surface area contributed by atoms with E-state index < -0.39 is 40.0 Å². The first-order valence-electron chi connectivity index (χ1n) is 9.91. The van der Waals surface area contributed by atoms with Gasteiger partial charge in [0.1, 0.15) is 12.1 Å². The predicted molar refractivity (Wildman–Crippen MR) is 119 cm³/mol. The molecular weight excluding hydrogens is 432 g/mol. The van der Waals surface area contributed by atoms with E-state index in [1.54, 1.807) is 38.1 Å². The van der Waals surface area contributed by atoms with Crippen LogP contribution in [0.4, 0.5) is 10.5 Å². The van der Waals surface area contributed by atoms with Gasteiger partial charge in [-0.1, -0.05) is 30.3 Å². The largest absolute Gasteiger partial charge is 0.325 e. The monoisotopic (exact) mass is 458 g/mol. The zero-order chi connectivity index (χ0) is 23.8.